The number of urea groups is 1. The summed E-state index contributed by atoms with van der Waals surface area (Å²) in [7, 11) is -3.95. The molecule has 3 amide bonds. The van der Waals surface area contributed by atoms with Gasteiger partial charge < -0.3 is 20.7 Å². The van der Waals surface area contributed by atoms with Crippen LogP contribution in [0.5, 0.6) is 0 Å². The van der Waals surface area contributed by atoms with E-state index in [-0.39, 0.29) is 22.9 Å². The number of sulfonamides is 1. The van der Waals surface area contributed by atoms with Gasteiger partial charge in [0.15, 0.2) is 0 Å². The van der Waals surface area contributed by atoms with Gasteiger partial charge in [0.2, 0.25) is 10.0 Å². The second kappa shape index (κ2) is 14.3. The lowest BCUT2D eigenvalue weighted by molar-refractivity contribution is 0.0332. The summed E-state index contributed by atoms with van der Waals surface area (Å²) in [4.78, 5) is 30.5. The maximum Gasteiger partial charge on any atom is 0.407 e. The van der Waals surface area contributed by atoms with Crippen molar-refractivity contribution in [3.05, 3.63) is 65.3 Å². The monoisotopic (exact) mass is 655 g/mol. The number of benzene rings is 2. The average molecular weight is 656 g/mol. The van der Waals surface area contributed by atoms with Gasteiger partial charge in [0.1, 0.15) is 5.60 Å². The second-order valence-electron chi connectivity index (χ2n) is 13.1. The van der Waals surface area contributed by atoms with Crippen LogP contribution in [0.25, 0.3) is 10.4 Å². The number of carbonyl (C=O) groups is 2. The van der Waals surface area contributed by atoms with Gasteiger partial charge in [-0.05, 0) is 84.4 Å². The van der Waals surface area contributed by atoms with Crippen LogP contribution in [-0.2, 0) is 21.3 Å². The highest BCUT2D eigenvalue weighted by Crippen LogP contribution is 2.40. The summed E-state index contributed by atoms with van der Waals surface area (Å²) in [6, 6.07) is 14.0. The molecule has 10 nitrogen and oxygen atoms in total. The summed E-state index contributed by atoms with van der Waals surface area (Å²) in [5, 5.41) is 9.51. The van der Waals surface area contributed by atoms with Gasteiger partial charge in [0.25, 0.3) is 0 Å². The highest BCUT2D eigenvalue weighted by Gasteiger charge is 2.30. The molecule has 0 atom stereocenters. The quantitative estimate of drug-likeness (QED) is 0.183. The first-order valence-electron chi connectivity index (χ1n) is 15.4. The molecule has 1 aliphatic rings. The number of hydrogen-bond donors (Lipinski definition) is 4. The first-order valence-corrected chi connectivity index (χ1v) is 17.7. The van der Waals surface area contributed by atoms with Crippen LogP contribution in [0, 0.1) is 0 Å². The number of rotatable bonds is 10. The molecule has 1 aliphatic carbocycles. The van der Waals surface area contributed by atoms with Crippen LogP contribution in [0.3, 0.4) is 0 Å². The van der Waals surface area contributed by atoms with Gasteiger partial charge >= 0.3 is 12.1 Å². The van der Waals surface area contributed by atoms with E-state index in [2.05, 4.69) is 20.7 Å². The minimum Gasteiger partial charge on any atom is -0.444 e. The Labute approximate surface area is 270 Å². The third-order valence-corrected chi connectivity index (χ3v) is 10.7. The standard InChI is InChI=1S/C33H45N5O5S2/c1-7-33(5,6)43-31(40)37-24-15-13-23(14-16-24)29-34-21-27(44-29)26-18-17-25(19-28(26)45(41,42)38-32(2,3)4)36-30(39)35-20-22-11-9-8-10-12-22/h8-12,17-19,21,23-24,38H,7,13-16,20H2,1-6H3,(H,37,40)(H2,35,36,39). The fourth-order valence-corrected chi connectivity index (χ4v) is 7.90. The molecular weight excluding hydrogens is 611 g/mol. The Kier molecular flexibility index (Phi) is 10.9. The Balaban J connectivity index is 1.48. The zero-order valence-electron chi connectivity index (χ0n) is 26.9. The first-order chi connectivity index (χ1) is 21.1. The van der Waals surface area contributed by atoms with Crippen molar-refractivity contribution in [1.82, 2.24) is 20.3 Å². The van der Waals surface area contributed by atoms with Crippen LogP contribution in [0.15, 0.2) is 59.6 Å². The Hall–Kier alpha value is -3.48. The fraction of sp³-hybridized carbons (Fsp3) is 0.485. The third kappa shape index (κ3) is 10.0. The molecule has 45 heavy (non-hydrogen) atoms. The Bertz CT molecular complexity index is 1570. The minimum absolute atomic E-state index is 0.0472. The maximum absolute atomic E-state index is 13.6. The van der Waals surface area contributed by atoms with Crippen molar-refractivity contribution in [2.45, 2.75) is 108 Å². The van der Waals surface area contributed by atoms with E-state index in [9.17, 15) is 18.0 Å². The van der Waals surface area contributed by atoms with Gasteiger partial charge in [0.05, 0.1) is 14.8 Å². The van der Waals surface area contributed by atoms with Crippen molar-refractivity contribution in [2.24, 2.45) is 0 Å². The maximum atomic E-state index is 13.6. The van der Waals surface area contributed by atoms with Crippen LogP contribution >= 0.6 is 11.3 Å². The van der Waals surface area contributed by atoms with E-state index in [1.54, 1.807) is 39.1 Å². The summed E-state index contributed by atoms with van der Waals surface area (Å²) in [6.07, 6.45) is 5.40. The number of aromatic nitrogens is 1. The minimum atomic E-state index is -3.95. The lowest BCUT2D eigenvalue weighted by Crippen LogP contribution is -2.41. The lowest BCUT2D eigenvalue weighted by atomic mass is 9.86. The number of hydrogen-bond acceptors (Lipinski definition) is 7. The molecule has 0 saturated heterocycles. The molecule has 0 radical (unpaired) electrons. The molecule has 4 N–H and O–H groups in total. The number of thiazole rings is 1. The van der Waals surface area contributed by atoms with Crippen LogP contribution in [-0.4, -0.2) is 42.7 Å². The van der Waals surface area contributed by atoms with Crippen molar-refractivity contribution < 1.29 is 22.7 Å². The summed E-state index contributed by atoms with van der Waals surface area (Å²) >= 11 is 1.48. The SMILES string of the molecule is CCC(C)(C)OC(=O)NC1CCC(c2ncc(-c3ccc(NC(=O)NCc4ccccc4)cc3S(=O)(=O)NC(C)(C)C)s2)CC1. The molecule has 0 bridgehead atoms. The summed E-state index contributed by atoms with van der Waals surface area (Å²) in [6.45, 7) is 11.5. The summed E-state index contributed by atoms with van der Waals surface area (Å²) < 4.78 is 35.5. The van der Waals surface area contributed by atoms with E-state index in [0.29, 0.717) is 17.8 Å². The van der Waals surface area contributed by atoms with Gasteiger partial charge in [-0.15, -0.1) is 11.3 Å². The largest absolute Gasteiger partial charge is 0.444 e. The molecule has 0 unspecified atom stereocenters. The van der Waals surface area contributed by atoms with Crippen molar-refractivity contribution >= 4 is 39.2 Å². The van der Waals surface area contributed by atoms with Crippen LogP contribution in [0.1, 0.15) is 90.1 Å². The van der Waals surface area contributed by atoms with Crippen molar-refractivity contribution in [2.75, 3.05) is 5.32 Å². The van der Waals surface area contributed by atoms with E-state index in [1.165, 1.54) is 17.4 Å². The van der Waals surface area contributed by atoms with Gasteiger partial charge in [0, 0.05) is 41.5 Å². The molecule has 0 aliphatic heterocycles. The van der Waals surface area contributed by atoms with Crippen molar-refractivity contribution in [1.29, 1.82) is 0 Å². The van der Waals surface area contributed by atoms with Gasteiger partial charge in [-0.1, -0.05) is 43.3 Å². The molecule has 12 heteroatoms. The van der Waals surface area contributed by atoms with Crippen LogP contribution < -0.4 is 20.7 Å². The van der Waals surface area contributed by atoms with E-state index in [0.717, 1.165) is 47.6 Å². The summed E-state index contributed by atoms with van der Waals surface area (Å²) in [5.41, 5.74) is 0.606. The number of nitrogens with one attached hydrogen (secondary N) is 4. The summed E-state index contributed by atoms with van der Waals surface area (Å²) in [5.74, 6) is 0.215. The van der Waals surface area contributed by atoms with Crippen LogP contribution in [0.2, 0.25) is 0 Å². The number of nitrogens with zero attached hydrogens (tertiary/aromatic N) is 1. The van der Waals surface area contributed by atoms with E-state index < -0.39 is 27.2 Å². The Morgan fingerprint density at radius 3 is 2.33 bits per heavy atom. The number of anilines is 1. The number of amides is 3. The highest BCUT2D eigenvalue weighted by molar-refractivity contribution is 7.89. The molecule has 1 fully saturated rings. The normalized spacial score (nSPS) is 17.4. The molecule has 4 rings (SSSR count). The molecule has 2 aromatic carbocycles. The van der Waals surface area contributed by atoms with Crippen molar-refractivity contribution in [3.63, 3.8) is 0 Å². The molecule has 3 aromatic rings. The predicted octanol–water partition coefficient (Wildman–Crippen LogP) is 7.15. The van der Waals surface area contributed by atoms with Crippen molar-refractivity contribution in [3.8, 4) is 10.4 Å². The van der Waals surface area contributed by atoms with Gasteiger partial charge in [-0.3, -0.25) is 0 Å². The Morgan fingerprint density at radius 2 is 1.69 bits per heavy atom. The molecule has 1 heterocycles. The van der Waals surface area contributed by atoms with E-state index in [4.69, 9.17) is 9.72 Å². The molecule has 1 aromatic heterocycles. The number of ether oxygens (including phenoxy) is 1. The highest BCUT2D eigenvalue weighted by atomic mass is 32.2. The lowest BCUT2D eigenvalue weighted by Gasteiger charge is -2.30. The third-order valence-electron chi connectivity index (χ3n) is 7.67. The van der Waals surface area contributed by atoms with Gasteiger partial charge in [-0.25, -0.2) is 27.7 Å². The zero-order valence-corrected chi connectivity index (χ0v) is 28.5. The Morgan fingerprint density at radius 1 is 1.00 bits per heavy atom. The second-order valence-corrected chi connectivity index (χ2v) is 15.8. The van der Waals surface area contributed by atoms with E-state index in [1.807, 2.05) is 51.1 Å². The first kappa shape index (κ1) is 34.4. The number of carbonyl (C=O) groups excluding carboxylic acids is 2. The molecule has 1 saturated carbocycles. The number of alkyl carbamates (subject to hydrolysis) is 1. The molecular formula is C33H45N5O5S2. The topological polar surface area (TPSA) is 139 Å². The van der Waals surface area contributed by atoms with Gasteiger partial charge in [-0.2, -0.15) is 0 Å². The van der Waals surface area contributed by atoms with Crippen LogP contribution in [0.4, 0.5) is 15.3 Å². The van der Waals surface area contributed by atoms with E-state index >= 15 is 0 Å². The smallest absolute Gasteiger partial charge is 0.407 e. The predicted molar refractivity (Wildman–Crippen MR) is 179 cm³/mol. The fourth-order valence-electron chi connectivity index (χ4n) is 5.04. The average Bonchev–Trinajstić information content (AvgIpc) is 3.46. The molecule has 244 valence electrons. The molecule has 0 spiro atoms. The zero-order chi connectivity index (χ0) is 32.8.